The zero-order valence-electron chi connectivity index (χ0n) is 16.3. The van der Waals surface area contributed by atoms with Crippen LogP contribution in [0.5, 0.6) is 0 Å². The Bertz CT molecular complexity index is 698. The van der Waals surface area contributed by atoms with E-state index < -0.39 is 0 Å². The van der Waals surface area contributed by atoms with Crippen molar-refractivity contribution in [2.24, 2.45) is 0 Å². The first kappa shape index (κ1) is 19.4. The van der Waals surface area contributed by atoms with Crippen molar-refractivity contribution in [2.45, 2.75) is 38.3 Å². The van der Waals surface area contributed by atoms with Gasteiger partial charge in [-0.15, -0.1) is 0 Å². The summed E-state index contributed by atoms with van der Waals surface area (Å²) in [5.41, 5.74) is 0.666. The van der Waals surface area contributed by atoms with Gasteiger partial charge in [-0.1, -0.05) is 0 Å². The van der Waals surface area contributed by atoms with E-state index in [2.05, 4.69) is 20.3 Å². The maximum absolute atomic E-state index is 13.0. The number of rotatable bonds is 8. The Morgan fingerprint density at radius 1 is 1.33 bits per heavy atom. The third-order valence-electron chi connectivity index (χ3n) is 5.01. The van der Waals surface area contributed by atoms with Gasteiger partial charge >= 0.3 is 0 Å². The van der Waals surface area contributed by atoms with Crippen LogP contribution in [0.15, 0.2) is 36.8 Å². The highest BCUT2D eigenvalue weighted by Gasteiger charge is 2.27. The number of hydrogen-bond donors (Lipinski definition) is 1. The summed E-state index contributed by atoms with van der Waals surface area (Å²) in [5.74, 6) is 0.898. The number of likely N-dealkylation sites (tertiary alicyclic amines) is 1. The summed E-state index contributed by atoms with van der Waals surface area (Å²) in [6, 6.07) is 5.98. The van der Waals surface area contributed by atoms with E-state index in [1.165, 1.54) is 6.42 Å². The monoisotopic (exact) mass is 370 g/mol. The van der Waals surface area contributed by atoms with E-state index in [1.807, 2.05) is 48.1 Å². The number of hydrogen-bond acceptors (Lipinski definition) is 5. The van der Waals surface area contributed by atoms with E-state index in [4.69, 9.17) is 0 Å². The van der Waals surface area contributed by atoms with Gasteiger partial charge in [0.2, 0.25) is 0 Å². The number of aromatic nitrogens is 3. The maximum Gasteiger partial charge on any atom is 0.255 e. The second-order valence-electron chi connectivity index (χ2n) is 7.37. The van der Waals surface area contributed by atoms with Gasteiger partial charge in [0.15, 0.2) is 0 Å². The van der Waals surface area contributed by atoms with Crippen molar-refractivity contribution in [3.05, 3.63) is 42.4 Å². The molecule has 0 unspecified atom stereocenters. The molecule has 7 nitrogen and oxygen atoms in total. The minimum atomic E-state index is 0.0903. The molecular weight excluding hydrogens is 340 g/mol. The highest BCUT2D eigenvalue weighted by Crippen LogP contribution is 2.22. The largest absolute Gasteiger partial charge is 0.369 e. The number of aryl methyl sites for hydroxylation is 1. The molecule has 1 aliphatic rings. The van der Waals surface area contributed by atoms with E-state index >= 15 is 0 Å². The molecule has 1 aliphatic heterocycles. The third-order valence-corrected chi connectivity index (χ3v) is 5.01. The predicted octanol–water partition coefficient (Wildman–Crippen LogP) is 2.34. The molecule has 1 N–H and O–H groups in total. The van der Waals surface area contributed by atoms with Gasteiger partial charge < -0.3 is 15.1 Å². The molecule has 3 rings (SSSR count). The number of anilines is 1. The Morgan fingerprint density at radius 3 is 2.93 bits per heavy atom. The lowest BCUT2D eigenvalue weighted by atomic mass is 9.98. The average molecular weight is 371 g/mol. The van der Waals surface area contributed by atoms with Gasteiger partial charge in [-0.25, -0.2) is 4.98 Å². The summed E-state index contributed by atoms with van der Waals surface area (Å²) < 4.78 is 1.94. The number of nitrogens with one attached hydrogen (secondary N) is 1. The summed E-state index contributed by atoms with van der Waals surface area (Å²) >= 11 is 0. The number of nitrogens with zero attached hydrogens (tertiary/aromatic N) is 5. The number of carbonyl (C=O) groups is 1. The summed E-state index contributed by atoms with van der Waals surface area (Å²) in [7, 11) is 4.08. The van der Waals surface area contributed by atoms with Crippen LogP contribution in [0.4, 0.5) is 5.82 Å². The van der Waals surface area contributed by atoms with Crippen molar-refractivity contribution in [2.75, 3.05) is 39.0 Å². The second-order valence-corrected chi connectivity index (χ2v) is 7.37. The number of amides is 1. The number of likely N-dealkylation sites (N-methyl/N-ethyl adjacent to an activating group) is 1. The molecule has 0 aromatic carbocycles. The molecule has 0 spiro atoms. The third kappa shape index (κ3) is 5.53. The highest BCUT2D eigenvalue weighted by molar-refractivity contribution is 5.94. The molecule has 0 aliphatic carbocycles. The number of pyridine rings is 1. The quantitative estimate of drug-likeness (QED) is 0.773. The zero-order chi connectivity index (χ0) is 19.1. The van der Waals surface area contributed by atoms with Gasteiger partial charge in [0.25, 0.3) is 5.91 Å². The van der Waals surface area contributed by atoms with Gasteiger partial charge in [-0.2, -0.15) is 5.10 Å². The SMILES string of the molecule is CN(C)CCNc1ccc(C(=O)N2CCCC[C@@H]2CCn2cccn2)cn1. The summed E-state index contributed by atoms with van der Waals surface area (Å²) in [4.78, 5) is 21.6. The Labute approximate surface area is 161 Å². The minimum Gasteiger partial charge on any atom is -0.369 e. The van der Waals surface area contributed by atoms with Crippen LogP contribution in [0.1, 0.15) is 36.0 Å². The van der Waals surface area contributed by atoms with Crippen LogP contribution in [0, 0.1) is 0 Å². The molecule has 7 heteroatoms. The smallest absolute Gasteiger partial charge is 0.255 e. The standard InChI is InChI=1S/C20H30N6O/c1-24(2)15-11-21-19-8-7-17(16-22-19)20(27)26-13-4-3-6-18(26)9-14-25-12-5-10-23-25/h5,7-8,10,12,16,18H,3-4,6,9,11,13-15H2,1-2H3,(H,21,22)/t18-/m1/s1. The fourth-order valence-electron chi connectivity index (χ4n) is 3.48. The molecule has 27 heavy (non-hydrogen) atoms. The topological polar surface area (TPSA) is 66.3 Å². The lowest BCUT2D eigenvalue weighted by Gasteiger charge is -2.36. The molecule has 1 fully saturated rings. The number of carbonyl (C=O) groups excluding carboxylic acids is 1. The molecule has 1 atom stereocenters. The first-order valence-electron chi connectivity index (χ1n) is 9.76. The van der Waals surface area contributed by atoms with E-state index in [0.29, 0.717) is 5.56 Å². The van der Waals surface area contributed by atoms with Crippen molar-refractivity contribution in [3.63, 3.8) is 0 Å². The normalized spacial score (nSPS) is 17.3. The molecule has 0 bridgehead atoms. The average Bonchev–Trinajstić information content (AvgIpc) is 3.20. The zero-order valence-corrected chi connectivity index (χ0v) is 16.3. The van der Waals surface area contributed by atoms with Gasteiger partial charge in [0.1, 0.15) is 5.82 Å². The Kier molecular flexibility index (Phi) is 6.81. The molecular formula is C20H30N6O. The van der Waals surface area contributed by atoms with Crippen molar-refractivity contribution in [1.29, 1.82) is 0 Å². The van der Waals surface area contributed by atoms with Crippen LogP contribution < -0.4 is 5.32 Å². The molecule has 0 radical (unpaired) electrons. The van der Waals surface area contributed by atoms with Gasteiger partial charge in [-0.3, -0.25) is 9.48 Å². The lowest BCUT2D eigenvalue weighted by Crippen LogP contribution is -2.44. The van der Waals surface area contributed by atoms with E-state index in [0.717, 1.165) is 51.3 Å². The highest BCUT2D eigenvalue weighted by atomic mass is 16.2. The Hall–Kier alpha value is -2.41. The van der Waals surface area contributed by atoms with Crippen molar-refractivity contribution >= 4 is 11.7 Å². The van der Waals surface area contributed by atoms with E-state index in [1.54, 1.807) is 12.4 Å². The first-order valence-corrected chi connectivity index (χ1v) is 9.76. The minimum absolute atomic E-state index is 0.0903. The predicted molar refractivity (Wildman–Crippen MR) is 107 cm³/mol. The summed E-state index contributed by atoms with van der Waals surface area (Å²) in [6.07, 6.45) is 9.71. The molecule has 2 aromatic rings. The molecule has 2 aromatic heterocycles. The Balaban J connectivity index is 1.58. The van der Waals surface area contributed by atoms with Crippen LogP contribution in [0.3, 0.4) is 0 Å². The van der Waals surface area contributed by atoms with Crippen LogP contribution in [0.2, 0.25) is 0 Å². The fraction of sp³-hybridized carbons (Fsp3) is 0.550. The molecule has 1 saturated heterocycles. The van der Waals surface area contributed by atoms with Crippen molar-refractivity contribution < 1.29 is 4.79 Å². The van der Waals surface area contributed by atoms with Crippen LogP contribution >= 0.6 is 0 Å². The van der Waals surface area contributed by atoms with Crippen LogP contribution in [-0.2, 0) is 6.54 Å². The molecule has 0 saturated carbocycles. The molecule has 146 valence electrons. The van der Waals surface area contributed by atoms with Crippen molar-refractivity contribution in [1.82, 2.24) is 24.6 Å². The number of piperidine rings is 1. The van der Waals surface area contributed by atoms with Crippen LogP contribution in [-0.4, -0.2) is 70.2 Å². The second kappa shape index (κ2) is 9.50. The summed E-state index contributed by atoms with van der Waals surface area (Å²) in [6.45, 7) is 3.43. The molecule has 1 amide bonds. The van der Waals surface area contributed by atoms with Gasteiger partial charge in [0, 0.05) is 50.8 Å². The van der Waals surface area contributed by atoms with E-state index in [9.17, 15) is 4.79 Å². The molecule has 3 heterocycles. The fourth-order valence-corrected chi connectivity index (χ4v) is 3.48. The van der Waals surface area contributed by atoms with Gasteiger partial charge in [-0.05, 0) is 58.0 Å². The maximum atomic E-state index is 13.0. The Morgan fingerprint density at radius 2 is 2.22 bits per heavy atom. The van der Waals surface area contributed by atoms with Crippen molar-refractivity contribution in [3.8, 4) is 0 Å². The first-order chi connectivity index (χ1) is 13.1. The van der Waals surface area contributed by atoms with Crippen LogP contribution in [0.25, 0.3) is 0 Å². The lowest BCUT2D eigenvalue weighted by molar-refractivity contribution is 0.0593. The van der Waals surface area contributed by atoms with E-state index in [-0.39, 0.29) is 11.9 Å². The van der Waals surface area contributed by atoms with Gasteiger partial charge in [0.05, 0.1) is 5.56 Å². The summed E-state index contributed by atoms with van der Waals surface area (Å²) in [5, 5.41) is 7.55.